The van der Waals surface area contributed by atoms with Crippen LogP contribution in [0.4, 0.5) is 0 Å². The van der Waals surface area contributed by atoms with Gasteiger partial charge in [0.15, 0.2) is 0 Å². The van der Waals surface area contributed by atoms with Gasteiger partial charge in [-0.3, -0.25) is 0 Å². The van der Waals surface area contributed by atoms with Crippen LogP contribution in [0, 0.1) is 0 Å². The summed E-state index contributed by atoms with van der Waals surface area (Å²) in [4.78, 5) is 0. The van der Waals surface area contributed by atoms with Crippen molar-refractivity contribution < 1.29 is 4.42 Å². The van der Waals surface area contributed by atoms with Crippen LogP contribution in [0.3, 0.4) is 0 Å². The molecule has 1 heteroatoms. The van der Waals surface area contributed by atoms with Crippen LogP contribution in [0.2, 0.25) is 0 Å². The lowest BCUT2D eigenvalue weighted by Gasteiger charge is -2.21. The Kier molecular flexibility index (Phi) is 5.12. The Morgan fingerprint density at radius 3 is 1.74 bits per heavy atom. The van der Waals surface area contributed by atoms with E-state index < -0.39 is 0 Å². The molecule has 0 amide bonds. The van der Waals surface area contributed by atoms with E-state index in [0.717, 1.165) is 21.9 Å². The smallest absolute Gasteiger partial charge is 0.143 e. The van der Waals surface area contributed by atoms with Crippen LogP contribution in [0.1, 0.15) is 25.0 Å². The highest BCUT2D eigenvalue weighted by Crippen LogP contribution is 2.49. The van der Waals surface area contributed by atoms with E-state index in [1.54, 1.807) is 0 Å². The second kappa shape index (κ2) is 9.19. The van der Waals surface area contributed by atoms with Gasteiger partial charge in [-0.15, -0.1) is 0 Å². The van der Waals surface area contributed by atoms with Crippen molar-refractivity contribution in [1.82, 2.24) is 0 Å². The number of benzene rings is 8. The summed E-state index contributed by atoms with van der Waals surface area (Å²) in [5.74, 6) is 0. The standard InChI is InChI=1S/C45H30O/c1-45(2)40-17-8-7-15-34(40)38-25-29(18-22-41(38)45)27-10-9-11-28(24-27)30-19-23-42-39(26-30)37-21-20-36-33-14-4-3-12-31(33)32-13-5-6-16-35(32)43(36)44(37)46-42/h3-26H,1-2H3. The fraction of sp³-hybridized carbons (Fsp3) is 0.0667. The first kappa shape index (κ1) is 25.6. The molecule has 0 saturated heterocycles. The molecule has 0 fully saturated rings. The average molecular weight is 587 g/mol. The average Bonchev–Trinajstić information content (AvgIpc) is 3.60. The van der Waals surface area contributed by atoms with E-state index in [2.05, 4.69) is 159 Å². The first-order chi connectivity index (χ1) is 22.6. The van der Waals surface area contributed by atoms with Gasteiger partial charge in [0.25, 0.3) is 0 Å². The highest BCUT2D eigenvalue weighted by Gasteiger charge is 2.35. The Bertz CT molecular complexity index is 2690. The zero-order chi connectivity index (χ0) is 30.6. The molecule has 9 aromatic rings. The molecule has 10 rings (SSSR count). The molecule has 216 valence electrons. The van der Waals surface area contributed by atoms with Gasteiger partial charge < -0.3 is 4.42 Å². The Hall–Kier alpha value is -5.66. The lowest BCUT2D eigenvalue weighted by atomic mass is 9.82. The first-order valence-corrected chi connectivity index (χ1v) is 16.1. The van der Waals surface area contributed by atoms with E-state index in [-0.39, 0.29) is 5.41 Å². The van der Waals surface area contributed by atoms with Crippen molar-refractivity contribution >= 4 is 54.3 Å². The van der Waals surface area contributed by atoms with Crippen LogP contribution >= 0.6 is 0 Å². The Balaban J connectivity index is 1.13. The molecule has 0 bridgehead atoms. The van der Waals surface area contributed by atoms with Gasteiger partial charge in [-0.2, -0.15) is 0 Å². The molecule has 0 aliphatic heterocycles. The molecule has 0 N–H and O–H groups in total. The third-order valence-corrected chi connectivity index (χ3v) is 10.5. The summed E-state index contributed by atoms with van der Waals surface area (Å²) in [6, 6.07) is 53.4. The predicted molar refractivity (Wildman–Crippen MR) is 195 cm³/mol. The first-order valence-electron chi connectivity index (χ1n) is 16.1. The minimum absolute atomic E-state index is 0.0137. The van der Waals surface area contributed by atoms with Crippen molar-refractivity contribution in [3.05, 3.63) is 157 Å². The molecule has 1 aliphatic rings. The van der Waals surface area contributed by atoms with E-state index >= 15 is 0 Å². The Morgan fingerprint density at radius 1 is 0.391 bits per heavy atom. The van der Waals surface area contributed by atoms with Gasteiger partial charge in [-0.25, -0.2) is 0 Å². The summed E-state index contributed by atoms with van der Waals surface area (Å²) >= 11 is 0. The quantitative estimate of drug-likeness (QED) is 0.184. The Labute approximate surface area is 267 Å². The molecule has 0 radical (unpaired) electrons. The highest BCUT2D eigenvalue weighted by molar-refractivity contribution is 6.32. The lowest BCUT2D eigenvalue weighted by molar-refractivity contribution is 0.660. The van der Waals surface area contributed by atoms with Crippen LogP contribution in [-0.4, -0.2) is 0 Å². The fourth-order valence-electron chi connectivity index (χ4n) is 8.18. The molecular formula is C45H30O. The van der Waals surface area contributed by atoms with Crippen molar-refractivity contribution in [3.63, 3.8) is 0 Å². The summed E-state index contributed by atoms with van der Waals surface area (Å²) in [5, 5.41) is 9.74. The van der Waals surface area contributed by atoms with E-state index in [0.29, 0.717) is 0 Å². The van der Waals surface area contributed by atoms with Gasteiger partial charge >= 0.3 is 0 Å². The van der Waals surface area contributed by atoms with Crippen LogP contribution in [0.25, 0.3) is 87.6 Å². The van der Waals surface area contributed by atoms with Crippen molar-refractivity contribution in [2.45, 2.75) is 19.3 Å². The van der Waals surface area contributed by atoms with Gasteiger partial charge in [0, 0.05) is 21.6 Å². The summed E-state index contributed by atoms with van der Waals surface area (Å²) in [7, 11) is 0. The fourth-order valence-corrected chi connectivity index (χ4v) is 8.18. The minimum atomic E-state index is 0.0137. The largest absolute Gasteiger partial charge is 0.455 e. The van der Waals surface area contributed by atoms with E-state index in [9.17, 15) is 0 Å². The monoisotopic (exact) mass is 586 g/mol. The maximum absolute atomic E-state index is 6.69. The second-order valence-corrected chi connectivity index (χ2v) is 13.3. The molecule has 0 spiro atoms. The van der Waals surface area contributed by atoms with E-state index in [4.69, 9.17) is 4.42 Å². The Morgan fingerprint density at radius 2 is 0.957 bits per heavy atom. The summed E-state index contributed by atoms with van der Waals surface area (Å²) in [5.41, 5.74) is 12.3. The van der Waals surface area contributed by atoms with Crippen LogP contribution < -0.4 is 0 Å². The van der Waals surface area contributed by atoms with E-state index in [1.807, 2.05) is 0 Å². The number of fused-ring (bicyclic) bond motifs is 13. The maximum atomic E-state index is 6.69. The predicted octanol–water partition coefficient (Wildman–Crippen LogP) is 12.7. The van der Waals surface area contributed by atoms with Gasteiger partial charge in [-0.1, -0.05) is 129 Å². The van der Waals surface area contributed by atoms with Crippen molar-refractivity contribution in [1.29, 1.82) is 0 Å². The zero-order valence-corrected chi connectivity index (χ0v) is 25.8. The molecule has 1 aromatic heterocycles. The molecule has 8 aromatic carbocycles. The van der Waals surface area contributed by atoms with Gasteiger partial charge in [0.1, 0.15) is 11.2 Å². The van der Waals surface area contributed by atoms with Crippen molar-refractivity contribution in [3.8, 4) is 33.4 Å². The molecule has 1 nitrogen and oxygen atoms in total. The number of hydrogen-bond acceptors (Lipinski definition) is 1. The van der Waals surface area contributed by atoms with Crippen molar-refractivity contribution in [2.24, 2.45) is 0 Å². The molecule has 1 heterocycles. The lowest BCUT2D eigenvalue weighted by Crippen LogP contribution is -2.14. The van der Waals surface area contributed by atoms with Crippen molar-refractivity contribution in [2.75, 3.05) is 0 Å². The zero-order valence-electron chi connectivity index (χ0n) is 25.8. The number of furan rings is 1. The SMILES string of the molecule is CC1(C)c2ccccc2-c2cc(-c3cccc(-c4ccc5oc6c(ccc7c8ccccc8c8ccccc8c76)c5c4)c3)ccc21. The third kappa shape index (κ3) is 3.46. The molecule has 1 aliphatic carbocycles. The molecule has 0 saturated carbocycles. The van der Waals surface area contributed by atoms with E-state index in [1.165, 1.54) is 76.8 Å². The molecule has 0 unspecified atom stereocenters. The number of rotatable bonds is 2. The van der Waals surface area contributed by atoms with Crippen LogP contribution in [0.5, 0.6) is 0 Å². The maximum Gasteiger partial charge on any atom is 0.143 e. The minimum Gasteiger partial charge on any atom is -0.455 e. The highest BCUT2D eigenvalue weighted by atomic mass is 16.3. The summed E-state index contributed by atoms with van der Waals surface area (Å²) in [6.45, 7) is 4.67. The third-order valence-electron chi connectivity index (χ3n) is 10.5. The topological polar surface area (TPSA) is 13.1 Å². The second-order valence-electron chi connectivity index (χ2n) is 13.3. The summed E-state index contributed by atoms with van der Waals surface area (Å²) in [6.07, 6.45) is 0. The summed E-state index contributed by atoms with van der Waals surface area (Å²) < 4.78 is 6.69. The number of hydrogen-bond donors (Lipinski definition) is 0. The molecular weight excluding hydrogens is 556 g/mol. The molecule has 46 heavy (non-hydrogen) atoms. The van der Waals surface area contributed by atoms with Gasteiger partial charge in [0.05, 0.1) is 0 Å². The normalized spacial score (nSPS) is 13.6. The van der Waals surface area contributed by atoms with Gasteiger partial charge in [-0.05, 0) is 102 Å². The van der Waals surface area contributed by atoms with Gasteiger partial charge in [0.2, 0.25) is 0 Å². The molecule has 0 atom stereocenters. The van der Waals surface area contributed by atoms with Crippen LogP contribution in [-0.2, 0) is 5.41 Å². The van der Waals surface area contributed by atoms with Crippen LogP contribution in [0.15, 0.2) is 150 Å².